The summed E-state index contributed by atoms with van der Waals surface area (Å²) in [4.78, 5) is 16.9. The predicted octanol–water partition coefficient (Wildman–Crippen LogP) is 5.53. The van der Waals surface area contributed by atoms with Gasteiger partial charge in [-0.3, -0.25) is 9.17 Å². The number of hydrogen-bond donors (Lipinski definition) is 2. The Labute approximate surface area is 213 Å². The summed E-state index contributed by atoms with van der Waals surface area (Å²) in [5, 5.41) is 9.87. The number of H-pyrrole nitrogens is 1. The maximum atomic E-state index is 11.4. The van der Waals surface area contributed by atoms with Crippen LogP contribution in [0.2, 0.25) is 0 Å². The van der Waals surface area contributed by atoms with Crippen molar-refractivity contribution in [2.45, 2.75) is 38.9 Å². The molecule has 0 amide bonds. The molecule has 0 bridgehead atoms. The molecule has 2 aromatic carbocycles. The Hall–Kier alpha value is -3.62. The van der Waals surface area contributed by atoms with Crippen molar-refractivity contribution in [1.29, 1.82) is 0 Å². The first-order chi connectivity index (χ1) is 17.3. The Bertz CT molecular complexity index is 1420. The second kappa shape index (κ2) is 9.79. The number of aryl methyl sites for hydroxylation is 1. The highest BCUT2D eigenvalue weighted by Crippen LogP contribution is 2.43. The molecule has 7 nitrogen and oxygen atoms in total. The van der Waals surface area contributed by atoms with E-state index in [-0.39, 0.29) is 11.7 Å². The van der Waals surface area contributed by atoms with E-state index in [2.05, 4.69) is 9.36 Å². The van der Waals surface area contributed by atoms with Gasteiger partial charge in [-0.05, 0) is 56.7 Å². The van der Waals surface area contributed by atoms with E-state index in [9.17, 15) is 9.90 Å². The summed E-state index contributed by atoms with van der Waals surface area (Å²) in [7, 11) is 0. The number of pyridine rings is 1. The average Bonchev–Trinajstić information content (AvgIpc) is 3.45. The third kappa shape index (κ3) is 5.29. The average molecular weight is 505 g/mol. The van der Waals surface area contributed by atoms with E-state index in [1.807, 2.05) is 61.5 Å². The van der Waals surface area contributed by atoms with Gasteiger partial charge in [0.05, 0.1) is 17.1 Å². The van der Waals surface area contributed by atoms with Crippen molar-refractivity contribution in [1.82, 2.24) is 9.36 Å². The number of ether oxygens (including phenoxy) is 3. The number of rotatable bonds is 8. The van der Waals surface area contributed by atoms with Crippen LogP contribution in [0, 0.1) is 6.92 Å². The van der Waals surface area contributed by atoms with Crippen molar-refractivity contribution in [3.05, 3.63) is 82.3 Å². The minimum absolute atomic E-state index is 0.0933. The molecule has 0 spiro atoms. The quantitative estimate of drug-likeness (QED) is 0.328. The fraction of sp³-hybridized carbons (Fsp3) is 0.286. The topological polar surface area (TPSA) is 93.7 Å². The first-order valence-corrected chi connectivity index (χ1v) is 12.6. The van der Waals surface area contributed by atoms with E-state index < -0.39 is 5.60 Å². The molecule has 5 rings (SSSR count). The van der Waals surface area contributed by atoms with Gasteiger partial charge in [-0.25, -0.2) is 4.98 Å². The lowest BCUT2D eigenvalue weighted by Crippen LogP contribution is -2.22. The van der Waals surface area contributed by atoms with Crippen molar-refractivity contribution in [2.75, 3.05) is 13.2 Å². The highest BCUT2D eigenvalue weighted by Gasteiger charge is 2.29. The third-order valence-corrected chi connectivity index (χ3v) is 6.90. The van der Waals surface area contributed by atoms with Gasteiger partial charge in [0.1, 0.15) is 18.1 Å². The molecule has 1 atom stereocenters. The molecule has 1 aliphatic heterocycles. The molecule has 1 aliphatic rings. The number of aromatic nitrogens is 2. The number of hydrogen-bond acceptors (Lipinski definition) is 7. The van der Waals surface area contributed by atoms with Gasteiger partial charge in [0, 0.05) is 40.9 Å². The Kier molecular flexibility index (Phi) is 6.55. The van der Waals surface area contributed by atoms with Gasteiger partial charge in [0.2, 0.25) is 5.88 Å². The maximum Gasteiger partial charge on any atom is 0.258 e. The van der Waals surface area contributed by atoms with Crippen molar-refractivity contribution in [3.8, 4) is 38.9 Å². The Morgan fingerprint density at radius 2 is 1.94 bits per heavy atom. The Balaban J connectivity index is 1.32. The fourth-order valence-electron chi connectivity index (χ4n) is 4.12. The molecule has 36 heavy (non-hydrogen) atoms. The SMILES string of the molecule is Cc1nc(OCCC(C)(C)O)ccc1-c1cccc2c1OCC2Oc1ccc(-c2cc(=O)[nH]s2)cc1. The van der Waals surface area contributed by atoms with Crippen LogP contribution in [-0.4, -0.2) is 33.3 Å². The van der Waals surface area contributed by atoms with Crippen LogP contribution in [0.1, 0.15) is 37.6 Å². The van der Waals surface area contributed by atoms with Crippen LogP contribution < -0.4 is 19.8 Å². The highest BCUT2D eigenvalue weighted by molar-refractivity contribution is 7.09. The molecular weight excluding hydrogens is 476 g/mol. The van der Waals surface area contributed by atoms with Gasteiger partial charge >= 0.3 is 0 Å². The number of aromatic amines is 1. The van der Waals surface area contributed by atoms with Gasteiger partial charge in [0.15, 0.2) is 6.10 Å². The predicted molar refractivity (Wildman–Crippen MR) is 140 cm³/mol. The van der Waals surface area contributed by atoms with Crippen LogP contribution in [-0.2, 0) is 0 Å². The molecule has 0 saturated heterocycles. The second-order valence-corrected chi connectivity index (χ2v) is 10.3. The lowest BCUT2D eigenvalue weighted by molar-refractivity contribution is 0.0547. The lowest BCUT2D eigenvalue weighted by Gasteiger charge is -2.17. The zero-order chi connectivity index (χ0) is 25.3. The number of nitrogens with zero attached hydrogens (tertiary/aromatic N) is 1. The van der Waals surface area contributed by atoms with Gasteiger partial charge in [-0.1, -0.05) is 29.7 Å². The van der Waals surface area contributed by atoms with Gasteiger partial charge in [-0.2, -0.15) is 0 Å². The molecule has 2 aromatic heterocycles. The molecule has 186 valence electrons. The minimum atomic E-state index is -0.776. The Morgan fingerprint density at radius 3 is 2.64 bits per heavy atom. The van der Waals surface area contributed by atoms with E-state index >= 15 is 0 Å². The molecule has 3 heterocycles. The molecule has 0 radical (unpaired) electrons. The summed E-state index contributed by atoms with van der Waals surface area (Å²) in [5.41, 5.74) is 3.85. The van der Waals surface area contributed by atoms with E-state index in [1.54, 1.807) is 19.9 Å². The zero-order valence-corrected chi connectivity index (χ0v) is 21.2. The van der Waals surface area contributed by atoms with Crippen molar-refractivity contribution < 1.29 is 19.3 Å². The van der Waals surface area contributed by atoms with Crippen LogP contribution in [0.15, 0.2) is 65.5 Å². The Morgan fingerprint density at radius 1 is 1.14 bits per heavy atom. The van der Waals surface area contributed by atoms with Crippen LogP contribution >= 0.6 is 11.5 Å². The van der Waals surface area contributed by atoms with Gasteiger partial charge in [-0.15, -0.1) is 0 Å². The fourth-order valence-corrected chi connectivity index (χ4v) is 4.81. The van der Waals surface area contributed by atoms with Crippen LogP contribution in [0.4, 0.5) is 0 Å². The molecule has 4 aromatic rings. The van der Waals surface area contributed by atoms with Crippen molar-refractivity contribution >= 4 is 11.5 Å². The van der Waals surface area contributed by atoms with E-state index in [0.29, 0.717) is 25.5 Å². The first kappa shape index (κ1) is 24.1. The highest BCUT2D eigenvalue weighted by atomic mass is 32.1. The molecule has 0 aliphatic carbocycles. The number of aliphatic hydroxyl groups is 1. The molecule has 0 saturated carbocycles. The van der Waals surface area contributed by atoms with E-state index in [0.717, 1.165) is 44.3 Å². The van der Waals surface area contributed by atoms with Crippen molar-refractivity contribution in [2.24, 2.45) is 0 Å². The molecule has 2 N–H and O–H groups in total. The third-order valence-electron chi connectivity index (χ3n) is 6.03. The second-order valence-electron chi connectivity index (χ2n) is 9.44. The normalized spacial score (nSPS) is 14.8. The number of fused-ring (bicyclic) bond motifs is 1. The summed E-state index contributed by atoms with van der Waals surface area (Å²) >= 11 is 1.32. The van der Waals surface area contributed by atoms with E-state index in [1.165, 1.54) is 11.5 Å². The van der Waals surface area contributed by atoms with Crippen LogP contribution in [0.5, 0.6) is 17.4 Å². The number of para-hydroxylation sites is 1. The maximum absolute atomic E-state index is 11.4. The van der Waals surface area contributed by atoms with E-state index in [4.69, 9.17) is 14.2 Å². The standard InChI is InChI=1S/C28H28N2O5S/c1-17-20(11-12-26(29-17)33-14-13-28(2,3)32)21-5-4-6-22-23(16-34-27(21)22)35-19-9-7-18(8-10-19)24-15-25(31)30-36-24/h4-12,15,23,32H,13-14,16H2,1-3H3,(H,30,31). The molecule has 0 fully saturated rings. The van der Waals surface area contributed by atoms with Crippen molar-refractivity contribution in [3.63, 3.8) is 0 Å². The summed E-state index contributed by atoms with van der Waals surface area (Å²) in [6, 6.07) is 19.2. The summed E-state index contributed by atoms with van der Waals surface area (Å²) in [6.07, 6.45) is 0.291. The summed E-state index contributed by atoms with van der Waals surface area (Å²) in [5.74, 6) is 2.07. The number of benzene rings is 2. The zero-order valence-electron chi connectivity index (χ0n) is 20.4. The monoisotopic (exact) mass is 504 g/mol. The lowest BCUT2D eigenvalue weighted by atomic mass is 9.99. The number of nitrogens with one attached hydrogen (secondary N) is 1. The van der Waals surface area contributed by atoms with Crippen LogP contribution in [0.3, 0.4) is 0 Å². The largest absolute Gasteiger partial charge is 0.488 e. The minimum Gasteiger partial charge on any atom is -0.488 e. The van der Waals surface area contributed by atoms with Crippen LogP contribution in [0.25, 0.3) is 21.6 Å². The molecule has 1 unspecified atom stereocenters. The molecule has 8 heteroatoms. The summed E-state index contributed by atoms with van der Waals surface area (Å²) in [6.45, 7) is 6.27. The van der Waals surface area contributed by atoms with Gasteiger partial charge < -0.3 is 19.3 Å². The smallest absolute Gasteiger partial charge is 0.258 e. The summed E-state index contributed by atoms with van der Waals surface area (Å²) < 4.78 is 20.8. The first-order valence-electron chi connectivity index (χ1n) is 11.8. The molecular formula is C28H28N2O5S. The van der Waals surface area contributed by atoms with Gasteiger partial charge in [0.25, 0.3) is 5.56 Å².